The van der Waals surface area contributed by atoms with Crippen molar-refractivity contribution in [1.29, 1.82) is 0 Å². The first-order valence-electron chi connectivity index (χ1n) is 28.2. The summed E-state index contributed by atoms with van der Waals surface area (Å²) in [6.07, 6.45) is 38.9. The molecule has 0 radical (unpaired) electrons. The molecule has 12 unspecified atom stereocenters. The number of allylic oxidation sites excluding steroid dienone is 12. The largest absolute Gasteiger partial charge is 0.394 e. The maximum atomic E-state index is 13.2. The van der Waals surface area contributed by atoms with Crippen molar-refractivity contribution in [2.24, 2.45) is 0 Å². The molecule has 1 amide bonds. The topological polar surface area (TPSA) is 228 Å². The Hall–Kier alpha value is -2.57. The van der Waals surface area contributed by atoms with Gasteiger partial charge in [-0.2, -0.15) is 0 Å². The molecule has 12 atom stereocenters. The molecule has 14 heteroatoms. The average Bonchev–Trinajstić information content (AvgIpc) is 3.38. The number of unbranched alkanes of at least 4 members (excludes halogenated alkanes) is 18. The van der Waals surface area contributed by atoms with Crippen molar-refractivity contribution in [3.8, 4) is 0 Å². The van der Waals surface area contributed by atoms with Crippen LogP contribution in [-0.2, 0) is 23.7 Å². The highest BCUT2D eigenvalue weighted by Crippen LogP contribution is 2.30. The minimum Gasteiger partial charge on any atom is -0.394 e. The number of amides is 1. The highest BCUT2D eigenvalue weighted by molar-refractivity contribution is 5.76. The van der Waals surface area contributed by atoms with Crippen molar-refractivity contribution in [2.75, 3.05) is 19.8 Å². The van der Waals surface area contributed by atoms with Crippen LogP contribution in [0.2, 0.25) is 0 Å². The fourth-order valence-corrected chi connectivity index (χ4v) is 8.89. The van der Waals surface area contributed by atoms with Crippen molar-refractivity contribution in [3.05, 3.63) is 72.9 Å². The van der Waals surface area contributed by atoms with Crippen LogP contribution in [0.25, 0.3) is 0 Å². The zero-order chi connectivity index (χ0) is 52.4. The Morgan fingerprint density at radius 1 is 0.514 bits per heavy atom. The number of aliphatic hydroxyl groups excluding tert-OH is 8. The van der Waals surface area contributed by atoms with Crippen LogP contribution >= 0.6 is 0 Å². The van der Waals surface area contributed by atoms with Crippen LogP contribution in [0.3, 0.4) is 0 Å². The van der Waals surface area contributed by atoms with Crippen LogP contribution in [0, 0.1) is 0 Å². The molecule has 2 rings (SSSR count). The van der Waals surface area contributed by atoms with E-state index in [0.717, 1.165) is 77.0 Å². The third kappa shape index (κ3) is 29.5. The number of ether oxygens (including phenoxy) is 4. The lowest BCUT2D eigenvalue weighted by Gasteiger charge is -2.46. The normalized spacial score (nSPS) is 26.1. The van der Waals surface area contributed by atoms with Crippen LogP contribution in [-0.4, -0.2) is 140 Å². The molecule has 2 heterocycles. The maximum absolute atomic E-state index is 13.2. The van der Waals surface area contributed by atoms with Gasteiger partial charge in [0.2, 0.25) is 5.91 Å². The summed E-state index contributed by atoms with van der Waals surface area (Å²) in [5.41, 5.74) is 0. The van der Waals surface area contributed by atoms with Crippen LogP contribution < -0.4 is 5.32 Å². The smallest absolute Gasteiger partial charge is 0.220 e. The third-order valence-electron chi connectivity index (χ3n) is 13.4. The molecule has 416 valence electrons. The van der Waals surface area contributed by atoms with Crippen LogP contribution in [0.1, 0.15) is 194 Å². The second-order valence-corrected chi connectivity index (χ2v) is 19.7. The Bertz CT molecular complexity index is 1480. The van der Waals surface area contributed by atoms with Crippen molar-refractivity contribution in [1.82, 2.24) is 5.32 Å². The summed E-state index contributed by atoms with van der Waals surface area (Å²) in [5.74, 6) is -0.251. The summed E-state index contributed by atoms with van der Waals surface area (Å²) < 4.78 is 22.8. The lowest BCUT2D eigenvalue weighted by molar-refractivity contribution is -0.359. The number of hydrogen-bond donors (Lipinski definition) is 9. The molecule has 2 aliphatic heterocycles. The molecule has 2 saturated heterocycles. The van der Waals surface area contributed by atoms with Crippen LogP contribution in [0.4, 0.5) is 0 Å². The van der Waals surface area contributed by atoms with E-state index in [0.29, 0.717) is 12.8 Å². The van der Waals surface area contributed by atoms with E-state index in [9.17, 15) is 45.6 Å². The minimum atomic E-state index is -1.79. The van der Waals surface area contributed by atoms with Gasteiger partial charge < -0.3 is 65.1 Å². The van der Waals surface area contributed by atoms with Crippen molar-refractivity contribution < 1.29 is 64.6 Å². The highest BCUT2D eigenvalue weighted by Gasteiger charge is 2.51. The Morgan fingerprint density at radius 3 is 1.44 bits per heavy atom. The van der Waals surface area contributed by atoms with Gasteiger partial charge in [-0.3, -0.25) is 4.79 Å². The predicted molar refractivity (Wildman–Crippen MR) is 286 cm³/mol. The van der Waals surface area contributed by atoms with E-state index >= 15 is 0 Å². The molecule has 0 aromatic rings. The molecule has 9 N–H and O–H groups in total. The summed E-state index contributed by atoms with van der Waals surface area (Å²) >= 11 is 0. The van der Waals surface area contributed by atoms with Gasteiger partial charge in [-0.15, -0.1) is 0 Å². The summed E-state index contributed by atoms with van der Waals surface area (Å²) in [4.78, 5) is 13.2. The first-order chi connectivity index (χ1) is 35.1. The fourth-order valence-electron chi connectivity index (χ4n) is 8.89. The number of carbonyl (C=O) groups excluding carboxylic acids is 1. The number of carbonyl (C=O) groups is 1. The molecule has 0 aliphatic carbocycles. The monoisotopic (exact) mass is 1020 g/mol. The van der Waals surface area contributed by atoms with Gasteiger partial charge in [0, 0.05) is 6.42 Å². The fraction of sp³-hybridized carbons (Fsp3) is 0.776. The van der Waals surface area contributed by atoms with Gasteiger partial charge in [0.1, 0.15) is 48.8 Å². The molecule has 0 spiro atoms. The van der Waals surface area contributed by atoms with Gasteiger partial charge >= 0.3 is 0 Å². The van der Waals surface area contributed by atoms with Crippen molar-refractivity contribution in [3.63, 3.8) is 0 Å². The van der Waals surface area contributed by atoms with E-state index in [1.165, 1.54) is 83.5 Å². The number of rotatable bonds is 43. The van der Waals surface area contributed by atoms with Crippen LogP contribution in [0.5, 0.6) is 0 Å². The summed E-state index contributed by atoms with van der Waals surface area (Å²) in [7, 11) is 0. The number of aliphatic hydroxyl groups is 8. The maximum Gasteiger partial charge on any atom is 0.220 e. The van der Waals surface area contributed by atoms with Gasteiger partial charge in [0.05, 0.1) is 32.0 Å². The SMILES string of the molecule is CC/C=C\C/C=C\C/C=C\C/C=C\C/C=C\C/C=C\CCCCC(=O)NC(COC1OC(CO)C(OC2OC(CO)C(O)C(O)C2O)C(O)C1O)C(O)CCCCCCCCCCCCCCCCCCC. The molecule has 14 nitrogen and oxygen atoms in total. The Labute approximate surface area is 434 Å². The first kappa shape index (κ1) is 65.5. The third-order valence-corrected chi connectivity index (χ3v) is 13.4. The van der Waals surface area contributed by atoms with Crippen molar-refractivity contribution >= 4 is 5.91 Å². The number of nitrogens with one attached hydrogen (secondary N) is 1. The average molecular weight is 1020 g/mol. The Morgan fingerprint density at radius 2 is 0.958 bits per heavy atom. The first-order valence-corrected chi connectivity index (χ1v) is 28.2. The summed E-state index contributed by atoms with van der Waals surface area (Å²) in [6.45, 7) is 2.71. The molecule has 0 saturated carbocycles. The van der Waals surface area contributed by atoms with Gasteiger partial charge in [0.15, 0.2) is 12.6 Å². The van der Waals surface area contributed by atoms with Crippen molar-refractivity contribution in [2.45, 2.75) is 267 Å². The number of hydrogen-bond acceptors (Lipinski definition) is 13. The summed E-state index contributed by atoms with van der Waals surface area (Å²) in [6, 6.07) is -0.856. The summed E-state index contributed by atoms with van der Waals surface area (Å²) in [5, 5.41) is 87.1. The Balaban J connectivity index is 1.82. The standard InChI is InChI=1S/C58H101NO13/c1-3-5-7-9-11-13-15-17-19-21-22-23-24-26-28-30-32-34-36-38-40-42-50(63)59-46(47(62)41-39-37-35-33-31-29-27-25-20-18-16-14-12-10-8-6-4-2)45-69-57-55(68)53(66)56(49(44-61)71-57)72-58-54(67)52(65)51(64)48(43-60)70-58/h5,7,11,13,17,19,22-23,26,28,32,34,46-49,51-58,60-62,64-68H,3-4,6,8-10,12,14-16,18,20-21,24-25,27,29-31,33,35-45H2,1-2H3,(H,59,63)/b7-5-,13-11-,19-17-,23-22-,28-26-,34-32-. The van der Waals surface area contributed by atoms with E-state index in [4.69, 9.17) is 18.9 Å². The van der Waals surface area contributed by atoms with Gasteiger partial charge in [-0.05, 0) is 64.2 Å². The molecule has 2 aliphatic rings. The molecule has 0 aromatic heterocycles. The molecule has 2 fully saturated rings. The highest BCUT2D eigenvalue weighted by atomic mass is 16.7. The second-order valence-electron chi connectivity index (χ2n) is 19.7. The zero-order valence-corrected chi connectivity index (χ0v) is 44.4. The van der Waals surface area contributed by atoms with E-state index in [-0.39, 0.29) is 18.9 Å². The Kier molecular flexibility index (Phi) is 39.7. The molecular formula is C58H101NO13. The molecular weight excluding hydrogens is 919 g/mol. The lowest BCUT2D eigenvalue weighted by atomic mass is 9.97. The van der Waals surface area contributed by atoms with Crippen LogP contribution in [0.15, 0.2) is 72.9 Å². The predicted octanol–water partition coefficient (Wildman–Crippen LogP) is 8.77. The molecule has 72 heavy (non-hydrogen) atoms. The quantitative estimate of drug-likeness (QED) is 0.0206. The van der Waals surface area contributed by atoms with Gasteiger partial charge in [0.25, 0.3) is 0 Å². The van der Waals surface area contributed by atoms with Gasteiger partial charge in [-0.25, -0.2) is 0 Å². The van der Waals surface area contributed by atoms with E-state index in [1.54, 1.807) is 0 Å². The minimum absolute atomic E-state index is 0.246. The van der Waals surface area contributed by atoms with Gasteiger partial charge in [-0.1, -0.05) is 196 Å². The lowest BCUT2D eigenvalue weighted by Crippen LogP contribution is -2.65. The van der Waals surface area contributed by atoms with E-state index < -0.39 is 86.8 Å². The molecule has 0 bridgehead atoms. The molecule has 0 aromatic carbocycles. The van der Waals surface area contributed by atoms with E-state index in [1.807, 2.05) is 0 Å². The second kappa shape index (κ2) is 43.6. The van der Waals surface area contributed by atoms with E-state index in [2.05, 4.69) is 92.1 Å². The zero-order valence-electron chi connectivity index (χ0n) is 44.4.